The number of nitrogens with one attached hydrogen (secondary N) is 1. The number of carbonyl (C=O) groups is 1. The summed E-state index contributed by atoms with van der Waals surface area (Å²) in [5.41, 5.74) is -0.0972. The van der Waals surface area contributed by atoms with E-state index >= 15 is 0 Å². The van der Waals surface area contributed by atoms with Crippen LogP contribution in [0.5, 0.6) is 0 Å². The first-order valence-corrected chi connectivity index (χ1v) is 8.32. The Kier molecular flexibility index (Phi) is 5.27. The third kappa shape index (κ3) is 3.83. The molecule has 0 bridgehead atoms. The van der Waals surface area contributed by atoms with Crippen LogP contribution in [-0.4, -0.2) is 49.7 Å². The van der Waals surface area contributed by atoms with Crippen LogP contribution in [0.4, 0.5) is 0 Å². The van der Waals surface area contributed by atoms with Crippen LogP contribution in [0.3, 0.4) is 0 Å². The van der Waals surface area contributed by atoms with Gasteiger partial charge in [0, 0.05) is 25.0 Å². The van der Waals surface area contributed by atoms with E-state index in [1.165, 1.54) is 0 Å². The molecule has 1 N–H and O–H groups in total. The minimum atomic E-state index is -0.614. The van der Waals surface area contributed by atoms with Crippen molar-refractivity contribution in [1.29, 1.82) is 0 Å². The van der Waals surface area contributed by atoms with Gasteiger partial charge < -0.3 is 14.5 Å². The lowest BCUT2D eigenvalue weighted by Crippen LogP contribution is -2.43. The zero-order valence-corrected chi connectivity index (χ0v) is 13.8. The van der Waals surface area contributed by atoms with Crippen LogP contribution >= 0.6 is 0 Å². The number of ether oxygens (including phenoxy) is 1. The summed E-state index contributed by atoms with van der Waals surface area (Å²) >= 11 is 0. The number of fused-ring (bicyclic) bond motifs is 1. The van der Waals surface area contributed by atoms with Crippen molar-refractivity contribution in [3.05, 3.63) is 46.3 Å². The van der Waals surface area contributed by atoms with Gasteiger partial charge in [-0.15, -0.1) is 0 Å². The van der Waals surface area contributed by atoms with E-state index in [0.29, 0.717) is 12.1 Å². The molecule has 1 aromatic carbocycles. The second-order valence-electron chi connectivity index (χ2n) is 5.92. The van der Waals surface area contributed by atoms with Gasteiger partial charge in [0.15, 0.2) is 0 Å². The molecule has 1 saturated heterocycles. The second-order valence-corrected chi connectivity index (χ2v) is 5.92. The summed E-state index contributed by atoms with van der Waals surface area (Å²) in [6.45, 7) is 6.16. The number of morpholine rings is 1. The van der Waals surface area contributed by atoms with E-state index in [9.17, 15) is 9.59 Å². The van der Waals surface area contributed by atoms with Crippen LogP contribution in [0.2, 0.25) is 0 Å². The molecule has 1 fully saturated rings. The number of carbonyl (C=O) groups excluding carboxylic acids is 1. The van der Waals surface area contributed by atoms with Gasteiger partial charge in [-0.3, -0.25) is 9.69 Å². The monoisotopic (exact) mass is 330 g/mol. The molecule has 1 aliphatic rings. The zero-order chi connectivity index (χ0) is 16.9. The highest BCUT2D eigenvalue weighted by molar-refractivity contribution is 5.96. The lowest BCUT2D eigenvalue weighted by Gasteiger charge is -2.32. The lowest BCUT2D eigenvalue weighted by atomic mass is 10.1. The SMILES string of the molecule is CCN1CCO[C@@H](CCNC(=O)c2cc3ccccc3oc2=O)C1. The average molecular weight is 330 g/mol. The first-order chi connectivity index (χ1) is 11.7. The Labute approximate surface area is 140 Å². The number of rotatable bonds is 5. The Morgan fingerprint density at radius 3 is 3.04 bits per heavy atom. The smallest absolute Gasteiger partial charge is 0.349 e. The number of nitrogens with zero attached hydrogens (tertiary/aromatic N) is 1. The normalized spacial score (nSPS) is 18.6. The molecule has 2 aromatic rings. The molecule has 1 atom stereocenters. The first kappa shape index (κ1) is 16.7. The van der Waals surface area contributed by atoms with Crippen molar-refractivity contribution in [3.63, 3.8) is 0 Å². The number of benzene rings is 1. The van der Waals surface area contributed by atoms with E-state index < -0.39 is 11.5 Å². The van der Waals surface area contributed by atoms with Gasteiger partial charge in [-0.1, -0.05) is 25.1 Å². The van der Waals surface area contributed by atoms with E-state index in [1.807, 2.05) is 12.1 Å². The predicted octanol–water partition coefficient (Wildman–Crippen LogP) is 1.63. The van der Waals surface area contributed by atoms with Crippen LogP contribution in [0, 0.1) is 0 Å². The molecule has 24 heavy (non-hydrogen) atoms. The Hall–Kier alpha value is -2.18. The summed E-state index contributed by atoms with van der Waals surface area (Å²) in [7, 11) is 0. The Bertz CT molecular complexity index is 771. The van der Waals surface area contributed by atoms with Gasteiger partial charge in [0.25, 0.3) is 5.91 Å². The maximum Gasteiger partial charge on any atom is 0.349 e. The maximum atomic E-state index is 12.2. The summed E-state index contributed by atoms with van der Waals surface area (Å²) in [5.74, 6) is -0.405. The van der Waals surface area contributed by atoms with E-state index in [0.717, 1.165) is 38.0 Å². The Morgan fingerprint density at radius 1 is 1.38 bits per heavy atom. The van der Waals surface area contributed by atoms with E-state index in [4.69, 9.17) is 9.15 Å². The molecule has 3 rings (SSSR count). The highest BCUT2D eigenvalue weighted by Crippen LogP contribution is 2.12. The van der Waals surface area contributed by atoms with Crippen LogP contribution < -0.4 is 10.9 Å². The molecule has 6 nitrogen and oxygen atoms in total. The van der Waals surface area contributed by atoms with Crippen LogP contribution in [0.1, 0.15) is 23.7 Å². The van der Waals surface area contributed by atoms with E-state index in [2.05, 4.69) is 17.1 Å². The number of hydrogen-bond donors (Lipinski definition) is 1. The van der Waals surface area contributed by atoms with E-state index in [1.54, 1.807) is 18.2 Å². The number of para-hydroxylation sites is 1. The molecule has 0 spiro atoms. The molecule has 2 heterocycles. The minimum absolute atomic E-state index is 0.0356. The average Bonchev–Trinajstić information content (AvgIpc) is 2.61. The van der Waals surface area contributed by atoms with Crippen molar-refractivity contribution < 1.29 is 13.9 Å². The third-order valence-corrected chi connectivity index (χ3v) is 4.31. The fourth-order valence-corrected chi connectivity index (χ4v) is 2.90. The van der Waals surface area contributed by atoms with E-state index in [-0.39, 0.29) is 11.7 Å². The molecule has 0 radical (unpaired) electrons. The minimum Gasteiger partial charge on any atom is -0.422 e. The van der Waals surface area contributed by atoms with Gasteiger partial charge in [0.05, 0.1) is 12.7 Å². The molecular formula is C18H22N2O4. The summed E-state index contributed by atoms with van der Waals surface area (Å²) in [6, 6.07) is 8.72. The quantitative estimate of drug-likeness (QED) is 0.844. The fourth-order valence-electron chi connectivity index (χ4n) is 2.90. The highest BCUT2D eigenvalue weighted by atomic mass is 16.5. The third-order valence-electron chi connectivity index (χ3n) is 4.31. The standard InChI is InChI=1S/C18H22N2O4/c1-2-20-9-10-23-14(12-20)7-8-19-17(21)15-11-13-5-3-4-6-16(13)24-18(15)22/h3-6,11,14H,2,7-10,12H2,1H3,(H,19,21)/t14-/m0/s1. The van der Waals surface area contributed by atoms with Crippen molar-refractivity contribution in [2.24, 2.45) is 0 Å². The first-order valence-electron chi connectivity index (χ1n) is 8.32. The molecule has 1 aromatic heterocycles. The highest BCUT2D eigenvalue weighted by Gasteiger charge is 2.19. The van der Waals surface area contributed by atoms with Gasteiger partial charge in [-0.2, -0.15) is 0 Å². The molecule has 0 aliphatic carbocycles. The predicted molar refractivity (Wildman–Crippen MR) is 91.3 cm³/mol. The van der Waals surface area contributed by atoms with Gasteiger partial charge in [0.2, 0.25) is 0 Å². The topological polar surface area (TPSA) is 71.8 Å². The second kappa shape index (κ2) is 7.59. The van der Waals surface area contributed by atoms with Gasteiger partial charge in [-0.25, -0.2) is 4.79 Å². The number of amides is 1. The molecular weight excluding hydrogens is 308 g/mol. The van der Waals surface area contributed by atoms with Gasteiger partial charge in [0.1, 0.15) is 11.1 Å². The van der Waals surface area contributed by atoms with Crippen molar-refractivity contribution in [3.8, 4) is 0 Å². The summed E-state index contributed by atoms with van der Waals surface area (Å²) in [6.07, 6.45) is 0.841. The van der Waals surface area contributed by atoms with Crippen molar-refractivity contribution in [2.75, 3.05) is 32.8 Å². The molecule has 6 heteroatoms. The number of likely N-dealkylation sites (N-methyl/N-ethyl adjacent to an activating group) is 1. The molecule has 1 amide bonds. The van der Waals surface area contributed by atoms with Crippen LogP contribution in [-0.2, 0) is 4.74 Å². The summed E-state index contributed by atoms with van der Waals surface area (Å²) in [5, 5.41) is 3.52. The fraction of sp³-hybridized carbons (Fsp3) is 0.444. The van der Waals surface area contributed by atoms with Crippen molar-refractivity contribution >= 4 is 16.9 Å². The zero-order valence-electron chi connectivity index (χ0n) is 13.8. The molecule has 0 unspecified atom stereocenters. The van der Waals surface area contributed by atoms with Crippen LogP contribution in [0.15, 0.2) is 39.5 Å². The molecule has 0 saturated carbocycles. The Morgan fingerprint density at radius 2 is 2.21 bits per heavy atom. The van der Waals surface area contributed by atoms with Gasteiger partial charge >= 0.3 is 5.63 Å². The molecule has 128 valence electrons. The van der Waals surface area contributed by atoms with Gasteiger partial charge in [-0.05, 0) is 25.1 Å². The summed E-state index contributed by atoms with van der Waals surface area (Å²) < 4.78 is 10.9. The van der Waals surface area contributed by atoms with Crippen LogP contribution in [0.25, 0.3) is 11.0 Å². The maximum absolute atomic E-state index is 12.2. The summed E-state index contributed by atoms with van der Waals surface area (Å²) in [4.78, 5) is 26.5. The van der Waals surface area contributed by atoms with Crippen molar-refractivity contribution in [2.45, 2.75) is 19.4 Å². The largest absolute Gasteiger partial charge is 0.422 e. The van der Waals surface area contributed by atoms with Crippen molar-refractivity contribution in [1.82, 2.24) is 10.2 Å². The molecule has 1 aliphatic heterocycles. The number of hydrogen-bond acceptors (Lipinski definition) is 5. The lowest BCUT2D eigenvalue weighted by molar-refractivity contribution is -0.0296. The Balaban J connectivity index is 1.59.